The van der Waals surface area contributed by atoms with E-state index < -0.39 is 0 Å². The summed E-state index contributed by atoms with van der Waals surface area (Å²) >= 11 is 0. The second kappa shape index (κ2) is 11.6. The summed E-state index contributed by atoms with van der Waals surface area (Å²) in [6.07, 6.45) is 3.15. The number of halogens is 2. The molecule has 0 aliphatic carbocycles. The molecular weight excluding hydrogens is 261 g/mol. The van der Waals surface area contributed by atoms with Crippen molar-refractivity contribution in [1.29, 1.82) is 0 Å². The van der Waals surface area contributed by atoms with Crippen molar-refractivity contribution in [3.05, 3.63) is 30.1 Å². The van der Waals surface area contributed by atoms with E-state index in [2.05, 4.69) is 15.6 Å². The van der Waals surface area contributed by atoms with Gasteiger partial charge in [0.25, 0.3) is 0 Å². The van der Waals surface area contributed by atoms with Gasteiger partial charge in [-0.05, 0) is 32.1 Å². The highest BCUT2D eigenvalue weighted by atomic mass is 35.5. The third-order valence-corrected chi connectivity index (χ3v) is 2.02. The number of aromatic nitrogens is 1. The third kappa shape index (κ3) is 8.92. The SMILES string of the molecule is CNCCCC(=O)NCc1ccccn1.Cl.Cl. The minimum atomic E-state index is 0. The smallest absolute Gasteiger partial charge is 0.220 e. The summed E-state index contributed by atoms with van der Waals surface area (Å²) in [7, 11) is 1.88. The summed E-state index contributed by atoms with van der Waals surface area (Å²) in [5.74, 6) is 0.0795. The van der Waals surface area contributed by atoms with Crippen molar-refractivity contribution in [1.82, 2.24) is 15.6 Å². The van der Waals surface area contributed by atoms with E-state index >= 15 is 0 Å². The molecule has 1 amide bonds. The van der Waals surface area contributed by atoms with E-state index in [0.29, 0.717) is 13.0 Å². The van der Waals surface area contributed by atoms with Gasteiger partial charge in [0.05, 0.1) is 12.2 Å². The molecule has 4 nitrogen and oxygen atoms in total. The summed E-state index contributed by atoms with van der Waals surface area (Å²) in [5, 5.41) is 5.83. The molecule has 0 atom stereocenters. The van der Waals surface area contributed by atoms with E-state index in [1.165, 1.54) is 0 Å². The maximum atomic E-state index is 11.3. The number of nitrogens with one attached hydrogen (secondary N) is 2. The largest absolute Gasteiger partial charge is 0.350 e. The number of amides is 1. The number of pyridine rings is 1. The highest BCUT2D eigenvalue weighted by Gasteiger charge is 2.00. The lowest BCUT2D eigenvalue weighted by Gasteiger charge is -2.04. The Labute approximate surface area is 114 Å². The van der Waals surface area contributed by atoms with Crippen molar-refractivity contribution >= 4 is 30.7 Å². The summed E-state index contributed by atoms with van der Waals surface area (Å²) in [4.78, 5) is 15.4. The van der Waals surface area contributed by atoms with E-state index in [-0.39, 0.29) is 30.7 Å². The highest BCUT2D eigenvalue weighted by Crippen LogP contribution is 1.93. The first-order chi connectivity index (χ1) is 7.33. The summed E-state index contributed by atoms with van der Waals surface area (Å²) < 4.78 is 0. The van der Waals surface area contributed by atoms with Crippen LogP contribution in [-0.2, 0) is 11.3 Å². The number of rotatable bonds is 6. The fraction of sp³-hybridized carbons (Fsp3) is 0.455. The Bertz CT molecular complexity index is 296. The monoisotopic (exact) mass is 279 g/mol. The van der Waals surface area contributed by atoms with Crippen LogP contribution in [0, 0.1) is 0 Å². The average molecular weight is 280 g/mol. The van der Waals surface area contributed by atoms with Gasteiger partial charge in [0.2, 0.25) is 5.91 Å². The van der Waals surface area contributed by atoms with Gasteiger partial charge in [-0.3, -0.25) is 9.78 Å². The van der Waals surface area contributed by atoms with Gasteiger partial charge in [-0.2, -0.15) is 0 Å². The summed E-state index contributed by atoms with van der Waals surface area (Å²) in [5.41, 5.74) is 0.888. The minimum absolute atomic E-state index is 0. The topological polar surface area (TPSA) is 54.0 Å². The van der Waals surface area contributed by atoms with Crippen LogP contribution in [0.4, 0.5) is 0 Å². The van der Waals surface area contributed by atoms with Crippen LogP contribution in [-0.4, -0.2) is 24.5 Å². The quantitative estimate of drug-likeness (QED) is 0.777. The van der Waals surface area contributed by atoms with Crippen LogP contribution in [0.1, 0.15) is 18.5 Å². The van der Waals surface area contributed by atoms with Gasteiger partial charge in [0.15, 0.2) is 0 Å². The van der Waals surface area contributed by atoms with Crippen LogP contribution < -0.4 is 10.6 Å². The van der Waals surface area contributed by atoms with E-state index in [4.69, 9.17) is 0 Å². The first-order valence-electron chi connectivity index (χ1n) is 5.14. The molecule has 17 heavy (non-hydrogen) atoms. The van der Waals surface area contributed by atoms with Crippen LogP contribution in [0.2, 0.25) is 0 Å². The highest BCUT2D eigenvalue weighted by molar-refractivity contribution is 5.85. The number of carbonyl (C=O) groups is 1. The molecule has 0 aromatic carbocycles. The third-order valence-electron chi connectivity index (χ3n) is 2.02. The molecule has 1 rings (SSSR count). The van der Waals surface area contributed by atoms with Crippen molar-refractivity contribution in [3.8, 4) is 0 Å². The van der Waals surface area contributed by atoms with Gasteiger partial charge < -0.3 is 10.6 Å². The summed E-state index contributed by atoms with van der Waals surface area (Å²) in [6.45, 7) is 1.39. The van der Waals surface area contributed by atoms with Crippen molar-refractivity contribution in [2.24, 2.45) is 0 Å². The molecule has 6 heteroatoms. The van der Waals surface area contributed by atoms with Crippen molar-refractivity contribution in [3.63, 3.8) is 0 Å². The Kier molecular flexibility index (Phi) is 12.7. The number of hydrogen-bond acceptors (Lipinski definition) is 3. The van der Waals surface area contributed by atoms with E-state index in [1.807, 2.05) is 25.2 Å². The van der Waals surface area contributed by atoms with E-state index in [1.54, 1.807) is 6.20 Å². The molecule has 0 spiro atoms. The minimum Gasteiger partial charge on any atom is -0.350 e. The summed E-state index contributed by atoms with van der Waals surface area (Å²) in [6, 6.07) is 5.67. The van der Waals surface area contributed by atoms with Gasteiger partial charge in [0.1, 0.15) is 0 Å². The number of nitrogens with zero attached hydrogens (tertiary/aromatic N) is 1. The fourth-order valence-electron chi connectivity index (χ4n) is 1.21. The Morgan fingerprint density at radius 2 is 2.12 bits per heavy atom. The Balaban J connectivity index is 0. The predicted octanol–water partition coefficient (Wildman–Crippen LogP) is 1.54. The number of hydrogen-bond donors (Lipinski definition) is 2. The zero-order chi connectivity index (χ0) is 10.9. The molecule has 0 aliphatic rings. The van der Waals surface area contributed by atoms with Gasteiger partial charge in [0, 0.05) is 12.6 Å². The van der Waals surface area contributed by atoms with E-state index in [0.717, 1.165) is 18.7 Å². The van der Waals surface area contributed by atoms with Crippen LogP contribution in [0.25, 0.3) is 0 Å². The molecule has 0 bridgehead atoms. The van der Waals surface area contributed by atoms with Gasteiger partial charge in [-0.1, -0.05) is 6.07 Å². The zero-order valence-electron chi connectivity index (χ0n) is 9.81. The molecular formula is C11H19Cl2N3O. The number of carbonyl (C=O) groups excluding carboxylic acids is 1. The van der Waals surface area contributed by atoms with Crippen molar-refractivity contribution in [2.75, 3.05) is 13.6 Å². The van der Waals surface area contributed by atoms with E-state index in [9.17, 15) is 4.79 Å². The van der Waals surface area contributed by atoms with Crippen LogP contribution in [0.3, 0.4) is 0 Å². The Hall–Kier alpha value is -0.840. The molecule has 98 valence electrons. The molecule has 0 fully saturated rings. The molecule has 1 aromatic rings. The second-order valence-corrected chi connectivity index (χ2v) is 3.30. The lowest BCUT2D eigenvalue weighted by Crippen LogP contribution is -2.24. The molecule has 1 heterocycles. The maximum Gasteiger partial charge on any atom is 0.220 e. The van der Waals surface area contributed by atoms with Gasteiger partial charge >= 0.3 is 0 Å². The molecule has 1 aromatic heterocycles. The maximum absolute atomic E-state index is 11.3. The lowest BCUT2D eigenvalue weighted by molar-refractivity contribution is -0.121. The van der Waals surface area contributed by atoms with Crippen LogP contribution >= 0.6 is 24.8 Å². The van der Waals surface area contributed by atoms with Gasteiger partial charge in [-0.15, -0.1) is 24.8 Å². The zero-order valence-corrected chi connectivity index (χ0v) is 11.4. The predicted molar refractivity (Wildman–Crippen MR) is 73.7 cm³/mol. The molecule has 2 N–H and O–H groups in total. The molecule has 0 unspecified atom stereocenters. The average Bonchev–Trinajstić information content (AvgIpc) is 2.28. The normalized spacial score (nSPS) is 8.76. The second-order valence-electron chi connectivity index (χ2n) is 3.30. The Morgan fingerprint density at radius 3 is 2.71 bits per heavy atom. The van der Waals surface area contributed by atoms with Crippen molar-refractivity contribution < 1.29 is 4.79 Å². The molecule has 0 aliphatic heterocycles. The lowest BCUT2D eigenvalue weighted by atomic mass is 10.3. The van der Waals surface area contributed by atoms with Crippen molar-refractivity contribution in [2.45, 2.75) is 19.4 Å². The molecule has 0 radical (unpaired) electrons. The first-order valence-corrected chi connectivity index (χ1v) is 5.14. The van der Waals surface area contributed by atoms with Crippen LogP contribution in [0.15, 0.2) is 24.4 Å². The fourth-order valence-corrected chi connectivity index (χ4v) is 1.21. The molecule has 0 saturated heterocycles. The van der Waals surface area contributed by atoms with Crippen LogP contribution in [0.5, 0.6) is 0 Å². The first kappa shape index (κ1) is 18.5. The Morgan fingerprint density at radius 1 is 1.35 bits per heavy atom. The van der Waals surface area contributed by atoms with Gasteiger partial charge in [-0.25, -0.2) is 0 Å². The molecule has 0 saturated carbocycles. The standard InChI is InChI=1S/C11H17N3O.2ClH/c1-12-7-4-6-11(15)14-9-10-5-2-3-8-13-10;;/h2-3,5,8,12H,4,6-7,9H2,1H3,(H,14,15);2*1H.